The Labute approximate surface area is 96.1 Å². The summed E-state index contributed by atoms with van der Waals surface area (Å²) in [6.45, 7) is 0.629. The number of hydrogen-bond donors (Lipinski definition) is 0. The van der Waals surface area contributed by atoms with Crippen LogP contribution in [0, 0.1) is 3.57 Å². The molecule has 0 N–H and O–H groups in total. The van der Waals surface area contributed by atoms with Gasteiger partial charge in [-0.15, -0.1) is 0 Å². The Morgan fingerprint density at radius 2 is 2.14 bits per heavy atom. The summed E-state index contributed by atoms with van der Waals surface area (Å²) in [5, 5.41) is 0. The van der Waals surface area contributed by atoms with Crippen molar-refractivity contribution in [3.05, 3.63) is 45.2 Å². The number of Topliss-reactive ketones (excluding diaryl/α,β-unsaturated/α-hetero) is 1. The zero-order valence-electron chi connectivity index (χ0n) is 7.50. The molecule has 14 heavy (non-hydrogen) atoms. The van der Waals surface area contributed by atoms with Gasteiger partial charge in [-0.05, 0) is 40.8 Å². The molecule has 3 heteroatoms. The summed E-state index contributed by atoms with van der Waals surface area (Å²) in [5.41, 5.74) is 0.723. The number of rotatable bonds is 2. The molecule has 0 bridgehead atoms. The molecule has 0 unspecified atom stereocenters. The van der Waals surface area contributed by atoms with Gasteiger partial charge in [0.05, 0.1) is 6.61 Å². The van der Waals surface area contributed by atoms with Gasteiger partial charge >= 0.3 is 0 Å². The molecule has 0 radical (unpaired) electrons. The molecule has 0 aliphatic carbocycles. The molecule has 1 aliphatic heterocycles. The van der Waals surface area contributed by atoms with E-state index in [1.54, 1.807) is 0 Å². The molecule has 0 saturated carbocycles. The zero-order chi connectivity index (χ0) is 9.97. The van der Waals surface area contributed by atoms with Gasteiger partial charge in [-0.1, -0.05) is 12.1 Å². The van der Waals surface area contributed by atoms with E-state index in [9.17, 15) is 4.79 Å². The van der Waals surface area contributed by atoms with E-state index >= 15 is 0 Å². The van der Waals surface area contributed by atoms with Gasteiger partial charge in [0.15, 0.2) is 5.76 Å². The molecule has 1 aromatic carbocycles. The van der Waals surface area contributed by atoms with E-state index in [-0.39, 0.29) is 5.78 Å². The summed E-state index contributed by atoms with van der Waals surface area (Å²) >= 11 is 2.16. The minimum absolute atomic E-state index is 0.00694. The first-order chi connectivity index (χ1) is 6.79. The van der Waals surface area contributed by atoms with Crippen molar-refractivity contribution in [3.63, 3.8) is 0 Å². The average molecular weight is 300 g/mol. The van der Waals surface area contributed by atoms with Crippen LogP contribution in [0.4, 0.5) is 0 Å². The van der Waals surface area contributed by atoms with Crippen molar-refractivity contribution >= 4 is 28.4 Å². The van der Waals surface area contributed by atoms with Crippen LogP contribution >= 0.6 is 22.6 Å². The Balaban J connectivity index is 2.31. The maximum atomic E-state index is 11.9. The molecule has 2 nitrogen and oxygen atoms in total. The predicted octanol–water partition coefficient (Wildman–Crippen LogP) is 2.78. The first kappa shape index (κ1) is 9.71. The van der Waals surface area contributed by atoms with E-state index in [1.807, 2.05) is 30.3 Å². The van der Waals surface area contributed by atoms with Crippen LogP contribution in [0.1, 0.15) is 16.8 Å². The molecule has 0 fully saturated rings. The Bertz CT molecular complexity index is 396. The number of benzene rings is 1. The van der Waals surface area contributed by atoms with Gasteiger partial charge in [0.25, 0.3) is 0 Å². The second-order valence-corrected chi connectivity index (χ2v) is 4.18. The lowest BCUT2D eigenvalue weighted by molar-refractivity contribution is 0.0941. The quantitative estimate of drug-likeness (QED) is 0.620. The fourth-order valence-corrected chi connectivity index (χ4v) is 1.99. The molecular weight excluding hydrogens is 291 g/mol. The van der Waals surface area contributed by atoms with Crippen molar-refractivity contribution in [2.24, 2.45) is 0 Å². The van der Waals surface area contributed by atoms with Crippen LogP contribution in [0.3, 0.4) is 0 Å². The summed E-state index contributed by atoms with van der Waals surface area (Å²) in [4.78, 5) is 11.9. The molecule has 1 aromatic rings. The Morgan fingerprint density at radius 3 is 2.79 bits per heavy atom. The third-order valence-electron chi connectivity index (χ3n) is 2.05. The first-order valence-electron chi connectivity index (χ1n) is 4.41. The molecule has 72 valence electrons. The van der Waals surface area contributed by atoms with Crippen LogP contribution in [-0.4, -0.2) is 12.4 Å². The number of ketones is 1. The van der Waals surface area contributed by atoms with Gasteiger partial charge in [-0.3, -0.25) is 4.79 Å². The van der Waals surface area contributed by atoms with Crippen LogP contribution in [0.25, 0.3) is 0 Å². The Kier molecular flexibility index (Phi) is 2.86. The van der Waals surface area contributed by atoms with E-state index in [2.05, 4.69) is 22.6 Å². The average Bonchev–Trinajstić information content (AvgIpc) is 2.70. The van der Waals surface area contributed by atoms with Crippen molar-refractivity contribution in [1.29, 1.82) is 0 Å². The lowest BCUT2D eigenvalue weighted by atomic mass is 10.1. The number of hydrogen-bond acceptors (Lipinski definition) is 2. The topological polar surface area (TPSA) is 26.3 Å². The first-order valence-corrected chi connectivity index (χ1v) is 5.49. The number of carbonyl (C=O) groups excluding carboxylic acids is 1. The normalized spacial score (nSPS) is 14.8. The highest BCUT2D eigenvalue weighted by atomic mass is 127. The van der Waals surface area contributed by atoms with Gasteiger partial charge in [0.1, 0.15) is 0 Å². The van der Waals surface area contributed by atoms with Crippen LogP contribution in [-0.2, 0) is 4.74 Å². The highest BCUT2D eigenvalue weighted by Crippen LogP contribution is 2.19. The lowest BCUT2D eigenvalue weighted by Crippen LogP contribution is -2.05. The maximum absolute atomic E-state index is 11.9. The SMILES string of the molecule is O=C(C1=CCCO1)c1ccccc1I. The fourth-order valence-electron chi connectivity index (χ4n) is 1.35. The van der Waals surface area contributed by atoms with Crippen molar-refractivity contribution < 1.29 is 9.53 Å². The van der Waals surface area contributed by atoms with Gasteiger partial charge < -0.3 is 4.74 Å². The highest BCUT2D eigenvalue weighted by molar-refractivity contribution is 14.1. The standard InChI is InChI=1S/C11H9IO2/c12-9-5-2-1-4-8(9)11(13)10-6-3-7-14-10/h1-2,4-6H,3,7H2. The largest absolute Gasteiger partial charge is 0.489 e. The summed E-state index contributed by atoms with van der Waals surface area (Å²) in [6, 6.07) is 7.53. The summed E-state index contributed by atoms with van der Waals surface area (Å²) in [5.74, 6) is 0.488. The van der Waals surface area contributed by atoms with Crippen molar-refractivity contribution in [3.8, 4) is 0 Å². The third-order valence-corrected chi connectivity index (χ3v) is 2.99. The second kappa shape index (κ2) is 4.13. The van der Waals surface area contributed by atoms with E-state index < -0.39 is 0 Å². The molecule has 0 amide bonds. The van der Waals surface area contributed by atoms with Crippen molar-refractivity contribution in [1.82, 2.24) is 0 Å². The molecule has 1 aliphatic rings. The predicted molar refractivity (Wildman–Crippen MR) is 62.1 cm³/mol. The molecular formula is C11H9IO2. The Hall–Kier alpha value is -0.840. The number of allylic oxidation sites excluding steroid dienone is 1. The van der Waals surface area contributed by atoms with E-state index in [0.29, 0.717) is 12.4 Å². The second-order valence-electron chi connectivity index (χ2n) is 3.01. The van der Waals surface area contributed by atoms with E-state index in [1.165, 1.54) is 0 Å². The summed E-state index contributed by atoms with van der Waals surface area (Å²) in [6.07, 6.45) is 2.69. The molecule has 1 heterocycles. The number of ether oxygens (including phenoxy) is 1. The zero-order valence-corrected chi connectivity index (χ0v) is 9.65. The molecule has 0 atom stereocenters. The minimum Gasteiger partial charge on any atom is -0.489 e. The third kappa shape index (κ3) is 1.82. The molecule has 0 saturated heterocycles. The molecule has 2 rings (SSSR count). The van der Waals surface area contributed by atoms with Crippen LogP contribution in [0.2, 0.25) is 0 Å². The summed E-state index contributed by atoms with van der Waals surface area (Å²) < 4.78 is 6.20. The van der Waals surface area contributed by atoms with Crippen molar-refractivity contribution in [2.75, 3.05) is 6.61 Å². The van der Waals surface area contributed by atoms with Crippen molar-refractivity contribution in [2.45, 2.75) is 6.42 Å². The summed E-state index contributed by atoms with van der Waals surface area (Å²) in [7, 11) is 0. The minimum atomic E-state index is -0.00694. The van der Waals surface area contributed by atoms with Crippen LogP contribution in [0.15, 0.2) is 36.1 Å². The van der Waals surface area contributed by atoms with E-state index in [4.69, 9.17) is 4.74 Å². The molecule has 0 aromatic heterocycles. The molecule has 0 spiro atoms. The van der Waals surface area contributed by atoms with Gasteiger partial charge in [0, 0.05) is 15.6 Å². The number of carbonyl (C=O) groups is 1. The van der Waals surface area contributed by atoms with Gasteiger partial charge in [-0.2, -0.15) is 0 Å². The maximum Gasteiger partial charge on any atom is 0.228 e. The van der Waals surface area contributed by atoms with E-state index in [0.717, 1.165) is 15.6 Å². The highest BCUT2D eigenvalue weighted by Gasteiger charge is 2.18. The van der Waals surface area contributed by atoms with Gasteiger partial charge in [0.2, 0.25) is 5.78 Å². The van der Waals surface area contributed by atoms with Crippen LogP contribution < -0.4 is 0 Å². The monoisotopic (exact) mass is 300 g/mol. The van der Waals surface area contributed by atoms with Crippen LogP contribution in [0.5, 0.6) is 0 Å². The fraction of sp³-hybridized carbons (Fsp3) is 0.182. The van der Waals surface area contributed by atoms with Gasteiger partial charge in [-0.25, -0.2) is 0 Å². The number of halogens is 1. The smallest absolute Gasteiger partial charge is 0.228 e. The lowest BCUT2D eigenvalue weighted by Gasteiger charge is -2.04. The Morgan fingerprint density at radius 1 is 1.36 bits per heavy atom.